The van der Waals surface area contributed by atoms with Gasteiger partial charge in [-0.2, -0.15) is 0 Å². The fourth-order valence-corrected chi connectivity index (χ4v) is 4.74. The molecule has 1 saturated carbocycles. The van der Waals surface area contributed by atoms with Crippen molar-refractivity contribution in [2.45, 2.75) is 50.0 Å². The highest BCUT2D eigenvalue weighted by molar-refractivity contribution is 7.91. The zero-order chi connectivity index (χ0) is 24.4. The average Bonchev–Trinajstić information content (AvgIpc) is 3.35. The van der Waals surface area contributed by atoms with Crippen LogP contribution in [0.1, 0.15) is 44.6 Å². The van der Waals surface area contributed by atoms with Crippen molar-refractivity contribution in [3.63, 3.8) is 0 Å². The van der Waals surface area contributed by atoms with Gasteiger partial charge in [0.2, 0.25) is 5.88 Å². The summed E-state index contributed by atoms with van der Waals surface area (Å²) in [5.41, 5.74) is 0.441. The molecule has 1 aliphatic rings. The summed E-state index contributed by atoms with van der Waals surface area (Å²) in [5.74, 6) is -0.00389. The zero-order valence-electron chi connectivity index (χ0n) is 19.4. The Morgan fingerprint density at radius 1 is 1.15 bits per heavy atom. The van der Waals surface area contributed by atoms with E-state index in [0.29, 0.717) is 31.1 Å². The number of carbonyl (C=O) groups excluding carboxylic acids is 1. The molecule has 3 rings (SSSR count). The Labute approximate surface area is 199 Å². The van der Waals surface area contributed by atoms with Crippen molar-refractivity contribution in [1.29, 1.82) is 0 Å². The number of sulfone groups is 1. The van der Waals surface area contributed by atoms with Crippen molar-refractivity contribution >= 4 is 27.3 Å². The van der Waals surface area contributed by atoms with E-state index in [1.54, 1.807) is 12.1 Å². The Morgan fingerprint density at radius 3 is 2.50 bits per heavy atom. The van der Waals surface area contributed by atoms with Gasteiger partial charge in [-0.15, -0.1) is 0 Å². The van der Waals surface area contributed by atoms with E-state index in [9.17, 15) is 13.2 Å². The third-order valence-corrected chi connectivity index (χ3v) is 7.04. The quantitative estimate of drug-likeness (QED) is 0.273. The van der Waals surface area contributed by atoms with E-state index in [1.807, 2.05) is 6.92 Å². The minimum atomic E-state index is -3.46. The summed E-state index contributed by atoms with van der Waals surface area (Å²) in [4.78, 5) is 27.0. The Bertz CT molecular complexity index is 1070. The van der Waals surface area contributed by atoms with Gasteiger partial charge in [0.05, 0.1) is 29.6 Å². The summed E-state index contributed by atoms with van der Waals surface area (Å²) < 4.78 is 35.2. The monoisotopic (exact) mass is 490 g/mol. The molecule has 0 radical (unpaired) electrons. The third-order valence-electron chi connectivity index (χ3n) is 5.22. The molecule has 1 aliphatic carbocycles. The van der Waals surface area contributed by atoms with Crippen molar-refractivity contribution in [3.05, 3.63) is 42.2 Å². The maximum atomic E-state index is 13.0. The molecule has 1 N–H and O–H groups in total. The number of oxime groups is 1. The van der Waals surface area contributed by atoms with Gasteiger partial charge in [0.15, 0.2) is 21.4 Å². The number of rotatable bonds is 12. The second kappa shape index (κ2) is 12.4. The molecule has 10 nitrogen and oxygen atoms in total. The van der Waals surface area contributed by atoms with Gasteiger partial charge in [-0.05, 0) is 51.2 Å². The summed E-state index contributed by atoms with van der Waals surface area (Å²) in [5, 5.41) is 6.79. The van der Waals surface area contributed by atoms with E-state index < -0.39 is 15.7 Å². The summed E-state index contributed by atoms with van der Waals surface area (Å²) >= 11 is 0. The molecule has 0 bridgehead atoms. The van der Waals surface area contributed by atoms with Gasteiger partial charge in [-0.25, -0.2) is 18.4 Å². The minimum absolute atomic E-state index is 0.0194. The molecule has 2 aromatic rings. The van der Waals surface area contributed by atoms with Crippen LogP contribution in [0.3, 0.4) is 0 Å². The number of hydrogen-bond donors (Lipinski definition) is 1. The average molecular weight is 491 g/mol. The first kappa shape index (κ1) is 25.6. The topological polar surface area (TPSA) is 129 Å². The van der Waals surface area contributed by atoms with Crippen LogP contribution >= 0.6 is 0 Å². The number of benzene rings is 1. The van der Waals surface area contributed by atoms with Crippen LogP contribution in [0.4, 0.5) is 5.82 Å². The Balaban J connectivity index is 1.79. The maximum Gasteiger partial charge on any atom is 0.279 e. The molecule has 1 aromatic carbocycles. The Kier molecular flexibility index (Phi) is 9.34. The molecular weight excluding hydrogens is 460 g/mol. The lowest BCUT2D eigenvalue weighted by atomic mass is 10.1. The fourth-order valence-electron chi connectivity index (χ4n) is 3.46. The number of aromatic nitrogens is 2. The molecule has 0 spiro atoms. The number of methoxy groups -OCH3 is 1. The van der Waals surface area contributed by atoms with Crippen LogP contribution in [0.25, 0.3) is 0 Å². The number of nitrogens with one attached hydrogen (secondary N) is 1. The molecule has 1 heterocycles. The second-order valence-electron chi connectivity index (χ2n) is 7.77. The molecule has 0 saturated heterocycles. The van der Waals surface area contributed by atoms with Crippen molar-refractivity contribution < 1.29 is 27.5 Å². The Hall–Kier alpha value is -3.05. The molecule has 0 atom stereocenters. The van der Waals surface area contributed by atoms with Crippen LogP contribution in [0.15, 0.2) is 46.7 Å². The molecular formula is C23H30N4O6S. The molecule has 34 heavy (non-hydrogen) atoms. The van der Waals surface area contributed by atoms with Gasteiger partial charge in [0, 0.05) is 19.3 Å². The highest BCUT2D eigenvalue weighted by Crippen LogP contribution is 2.22. The SMILES string of the molecule is CCOc1cnc(NC(=O)/C(=N/OC2CCCC2)c2ccc(S(=O)(=O)CCCOC)cc2)cn1. The first-order valence-corrected chi connectivity index (χ1v) is 12.9. The van der Waals surface area contributed by atoms with E-state index in [-0.39, 0.29) is 28.3 Å². The lowest BCUT2D eigenvalue weighted by Gasteiger charge is -2.12. The number of anilines is 1. The van der Waals surface area contributed by atoms with Crippen molar-refractivity contribution in [2.75, 3.05) is 31.4 Å². The van der Waals surface area contributed by atoms with Gasteiger partial charge in [-0.3, -0.25) is 4.79 Å². The fraction of sp³-hybridized carbons (Fsp3) is 0.478. The maximum absolute atomic E-state index is 13.0. The lowest BCUT2D eigenvalue weighted by molar-refractivity contribution is -0.110. The van der Waals surface area contributed by atoms with Crippen molar-refractivity contribution in [1.82, 2.24) is 9.97 Å². The van der Waals surface area contributed by atoms with Crippen LogP contribution in [-0.2, 0) is 24.2 Å². The smallest absolute Gasteiger partial charge is 0.279 e. The molecule has 0 aliphatic heterocycles. The highest BCUT2D eigenvalue weighted by atomic mass is 32.2. The van der Waals surface area contributed by atoms with Crippen LogP contribution in [0.2, 0.25) is 0 Å². The molecule has 1 fully saturated rings. The van der Waals surface area contributed by atoms with Gasteiger partial charge >= 0.3 is 0 Å². The third kappa shape index (κ3) is 7.22. The molecule has 184 valence electrons. The van der Waals surface area contributed by atoms with E-state index in [1.165, 1.54) is 31.6 Å². The van der Waals surface area contributed by atoms with Gasteiger partial charge in [0.25, 0.3) is 5.91 Å². The van der Waals surface area contributed by atoms with Gasteiger partial charge in [-0.1, -0.05) is 17.3 Å². The predicted octanol–water partition coefficient (Wildman–Crippen LogP) is 2.99. The second-order valence-corrected chi connectivity index (χ2v) is 9.88. The number of nitrogens with zero attached hydrogens (tertiary/aromatic N) is 3. The van der Waals surface area contributed by atoms with Crippen LogP contribution in [-0.4, -0.2) is 62.2 Å². The zero-order valence-corrected chi connectivity index (χ0v) is 20.2. The Morgan fingerprint density at radius 2 is 1.88 bits per heavy atom. The summed E-state index contributed by atoms with van der Waals surface area (Å²) in [7, 11) is -1.93. The summed E-state index contributed by atoms with van der Waals surface area (Å²) in [6, 6.07) is 6.02. The predicted molar refractivity (Wildman–Crippen MR) is 127 cm³/mol. The minimum Gasteiger partial charge on any atom is -0.477 e. The normalized spacial score (nSPS) is 14.7. The van der Waals surface area contributed by atoms with Crippen LogP contribution < -0.4 is 10.1 Å². The number of hydrogen-bond acceptors (Lipinski definition) is 9. The van der Waals surface area contributed by atoms with Crippen LogP contribution in [0, 0.1) is 0 Å². The first-order valence-electron chi connectivity index (χ1n) is 11.2. The summed E-state index contributed by atoms with van der Waals surface area (Å²) in [6.45, 7) is 2.65. The number of amides is 1. The van der Waals surface area contributed by atoms with E-state index in [0.717, 1.165) is 25.7 Å². The number of ether oxygens (including phenoxy) is 2. The van der Waals surface area contributed by atoms with Gasteiger partial charge in [0.1, 0.15) is 6.10 Å². The largest absolute Gasteiger partial charge is 0.477 e. The molecule has 1 amide bonds. The first-order chi connectivity index (χ1) is 16.4. The molecule has 11 heteroatoms. The molecule has 1 aromatic heterocycles. The summed E-state index contributed by atoms with van der Waals surface area (Å²) in [6.07, 6.45) is 7.01. The highest BCUT2D eigenvalue weighted by Gasteiger charge is 2.21. The van der Waals surface area contributed by atoms with E-state index in [4.69, 9.17) is 14.3 Å². The van der Waals surface area contributed by atoms with Gasteiger partial charge < -0.3 is 19.6 Å². The lowest BCUT2D eigenvalue weighted by Crippen LogP contribution is -2.25. The van der Waals surface area contributed by atoms with Crippen LogP contribution in [0.5, 0.6) is 5.88 Å². The van der Waals surface area contributed by atoms with E-state index in [2.05, 4.69) is 20.4 Å². The van der Waals surface area contributed by atoms with Crippen molar-refractivity contribution in [2.24, 2.45) is 5.16 Å². The standard InChI is InChI=1S/C23H30N4O6S/c1-3-32-21-16-24-20(15-25-21)26-23(28)22(27-33-18-7-4-5-8-18)17-9-11-19(12-10-17)34(29,30)14-6-13-31-2/h9-12,15-16,18H,3-8,13-14H2,1-2H3,(H,24,26,28)/b27-22+. The van der Waals surface area contributed by atoms with E-state index >= 15 is 0 Å². The molecule has 0 unspecified atom stereocenters. The number of carbonyl (C=O) groups is 1. The van der Waals surface area contributed by atoms with Crippen molar-refractivity contribution in [3.8, 4) is 5.88 Å².